The molecule has 0 fully saturated rings. The summed E-state index contributed by atoms with van der Waals surface area (Å²) in [5.41, 5.74) is 0. The monoisotopic (exact) mass is 180 g/mol. The minimum atomic E-state index is -1.08. The van der Waals surface area contributed by atoms with Gasteiger partial charge in [-0.15, -0.1) is 0 Å². The van der Waals surface area contributed by atoms with Crippen LogP contribution in [-0.4, -0.2) is 0 Å². The molecule has 0 saturated carbocycles. The van der Waals surface area contributed by atoms with Crippen LogP contribution in [0.4, 0.5) is 0 Å². The molecular weight excluding hydrogens is 181 g/mol. The van der Waals surface area contributed by atoms with Crippen LogP contribution in [-0.2, 0) is 42.4 Å². The van der Waals surface area contributed by atoms with Gasteiger partial charge >= 0.3 is 17.5 Å². The normalized spacial score (nSPS) is 1.60. The molecule has 5 heavy (non-hydrogen) atoms. The van der Waals surface area contributed by atoms with E-state index in [4.69, 9.17) is 9.13 Å². The van der Waals surface area contributed by atoms with E-state index in [2.05, 4.69) is 0 Å². The van der Waals surface area contributed by atoms with Crippen molar-refractivity contribution in [3.05, 3.63) is 0 Å². The van der Waals surface area contributed by atoms with Crippen molar-refractivity contribution in [3.8, 4) is 0 Å². The van der Waals surface area contributed by atoms with Crippen molar-refractivity contribution in [1.29, 1.82) is 0 Å². The number of hydrogen-bond acceptors (Lipinski definition) is 2. The third-order valence-electron chi connectivity index (χ3n) is 0. The van der Waals surface area contributed by atoms with E-state index < -0.39 is 8.34 Å². The molecule has 0 atom stereocenters. The molecule has 0 amide bonds. The fourth-order valence-corrected chi connectivity index (χ4v) is 0. The molecule has 0 heterocycles. The molecule has 0 aliphatic carbocycles. The van der Waals surface area contributed by atoms with E-state index in [1.807, 2.05) is 0 Å². The van der Waals surface area contributed by atoms with E-state index >= 15 is 0 Å². The van der Waals surface area contributed by atoms with Gasteiger partial charge in [0.25, 0.3) is 0 Å². The Kier molecular flexibility index (Phi) is 65.9. The largest absolute Gasteiger partial charge is 0 e. The van der Waals surface area contributed by atoms with E-state index in [1.54, 1.807) is 0 Å². The van der Waals surface area contributed by atoms with Crippen LogP contribution >= 0.6 is 8.34 Å². The Hall–Kier alpha value is 1.03. The van der Waals surface area contributed by atoms with Gasteiger partial charge in [-0.05, 0) is 0 Å². The summed E-state index contributed by atoms with van der Waals surface area (Å²) in [6.45, 7) is 0. The van der Waals surface area contributed by atoms with Crippen LogP contribution in [0, 0.1) is 0 Å². The topological polar surface area (TPSA) is 34.1 Å². The maximum Gasteiger partial charge on any atom is 0 e. The third kappa shape index (κ3) is 43.5. The Balaban J connectivity index is -0.0000000200. The molecule has 0 saturated heterocycles. The summed E-state index contributed by atoms with van der Waals surface area (Å²) >= 11 is 0. The first kappa shape index (κ1) is 16.6. The van der Waals surface area contributed by atoms with Crippen LogP contribution in [0.2, 0.25) is 0 Å². The molecule has 0 spiro atoms. The second kappa shape index (κ2) is 19.8. The molecule has 0 unspecified atom stereocenters. The summed E-state index contributed by atoms with van der Waals surface area (Å²) in [6.07, 6.45) is 0. The van der Waals surface area contributed by atoms with Gasteiger partial charge in [-0.25, -0.2) is 0 Å². The molecule has 5 heteroatoms. The molecule has 0 aromatic carbocycles. The van der Waals surface area contributed by atoms with Gasteiger partial charge < -0.3 is 0 Å². The third-order valence-corrected chi connectivity index (χ3v) is 0. The Labute approximate surface area is 51.1 Å². The first-order chi connectivity index (χ1) is 1.41. The van der Waals surface area contributed by atoms with Gasteiger partial charge in [-0.1, -0.05) is 0 Å². The molecule has 0 aliphatic heterocycles. The summed E-state index contributed by atoms with van der Waals surface area (Å²) in [5.74, 6) is 0. The van der Waals surface area contributed by atoms with Gasteiger partial charge in [0.2, 0.25) is 0 Å². The number of hydrogen-bond donors (Lipinski definition) is 0. The van der Waals surface area contributed by atoms with Crippen molar-refractivity contribution in [1.82, 2.24) is 0 Å². The minimum absolute atomic E-state index is 0. The SMILES string of the molecule is O=[P+]=O.[Co].[Ni]. The van der Waals surface area contributed by atoms with Gasteiger partial charge in [0.15, 0.2) is 0 Å². The van der Waals surface area contributed by atoms with E-state index in [0.717, 1.165) is 0 Å². The van der Waals surface area contributed by atoms with Crippen molar-refractivity contribution in [2.75, 3.05) is 0 Å². The maximum atomic E-state index is 8.35. The predicted octanol–water partition coefficient (Wildman–Crippen LogP) is 0.619. The summed E-state index contributed by atoms with van der Waals surface area (Å²) < 4.78 is 16.7. The molecule has 0 aliphatic rings. The second-order valence-electron chi connectivity index (χ2n) is 0.0745. The Morgan fingerprint density at radius 3 is 1.20 bits per heavy atom. The zero-order chi connectivity index (χ0) is 2.71. The van der Waals surface area contributed by atoms with Crippen molar-refractivity contribution in [2.24, 2.45) is 0 Å². The smallest absolute Gasteiger partial charge is 0 e. The fourth-order valence-electron chi connectivity index (χ4n) is 0. The molecule has 2 nitrogen and oxygen atoms in total. The van der Waals surface area contributed by atoms with Gasteiger partial charge in [0.05, 0.1) is 0 Å². The first-order valence-electron chi connectivity index (χ1n) is 0.365. The first-order valence-corrected chi connectivity index (χ1v) is 1.10. The molecule has 0 bridgehead atoms. The molecule has 35 valence electrons. The van der Waals surface area contributed by atoms with E-state index in [-0.39, 0.29) is 33.3 Å². The van der Waals surface area contributed by atoms with E-state index in [0.29, 0.717) is 0 Å². The van der Waals surface area contributed by atoms with Gasteiger partial charge in [0, 0.05) is 33.3 Å². The summed E-state index contributed by atoms with van der Waals surface area (Å²) in [5, 5.41) is 0. The minimum Gasteiger partial charge on any atom is 0 e. The Bertz CT molecular complexity index is 30.6. The van der Waals surface area contributed by atoms with E-state index in [1.165, 1.54) is 0 Å². The zero-order valence-corrected chi connectivity index (χ0v) is 4.84. The van der Waals surface area contributed by atoms with Crippen molar-refractivity contribution in [2.45, 2.75) is 0 Å². The number of rotatable bonds is 0. The zero-order valence-electron chi connectivity index (χ0n) is 1.91. The average molecular weight is 181 g/mol. The van der Waals surface area contributed by atoms with Gasteiger partial charge in [0.1, 0.15) is 0 Å². The maximum absolute atomic E-state index is 8.35. The van der Waals surface area contributed by atoms with Crippen LogP contribution in [0.25, 0.3) is 0 Å². The van der Waals surface area contributed by atoms with Crippen LogP contribution in [0.1, 0.15) is 0 Å². The molecule has 1 radical (unpaired) electrons. The molecule has 0 aromatic rings. The van der Waals surface area contributed by atoms with Crippen LogP contribution in [0.5, 0.6) is 0 Å². The van der Waals surface area contributed by atoms with Crippen LogP contribution in [0.3, 0.4) is 0 Å². The molecule has 0 N–H and O–H groups in total. The average Bonchev–Trinajstić information content (AvgIpc) is 0.918. The Morgan fingerprint density at radius 2 is 1.20 bits per heavy atom. The second-order valence-corrected chi connectivity index (χ2v) is 0.224. The van der Waals surface area contributed by atoms with Crippen molar-refractivity contribution >= 4 is 8.34 Å². The van der Waals surface area contributed by atoms with Crippen molar-refractivity contribution in [3.63, 3.8) is 0 Å². The predicted molar refractivity (Wildman–Crippen MR) is 8.29 cm³/mol. The Morgan fingerprint density at radius 1 is 1.20 bits per heavy atom. The standard InChI is InChI=1S/Co.Ni.O2P/c;;1-3-2/q;;+1. The van der Waals surface area contributed by atoms with Gasteiger partial charge in [-0.3, -0.25) is 0 Å². The summed E-state index contributed by atoms with van der Waals surface area (Å²) in [4.78, 5) is 0. The fraction of sp³-hybridized carbons (Fsp3) is 0. The van der Waals surface area contributed by atoms with Crippen molar-refractivity contribution < 1.29 is 42.4 Å². The summed E-state index contributed by atoms with van der Waals surface area (Å²) in [7, 11) is -1.08. The quantitative estimate of drug-likeness (QED) is 0.405. The van der Waals surface area contributed by atoms with Gasteiger partial charge in [-0.2, -0.15) is 0 Å². The van der Waals surface area contributed by atoms with E-state index in [9.17, 15) is 0 Å². The molecule has 0 rings (SSSR count). The molecule has 0 aromatic heterocycles. The van der Waals surface area contributed by atoms with Crippen LogP contribution in [0.15, 0.2) is 0 Å². The molecular formula is CoNiO2P+. The summed E-state index contributed by atoms with van der Waals surface area (Å²) in [6, 6.07) is 0. The van der Waals surface area contributed by atoms with Crippen LogP contribution < -0.4 is 0 Å².